The Kier molecular flexibility index (Phi) is 6.43. The van der Waals surface area contributed by atoms with Gasteiger partial charge < -0.3 is 15.0 Å². The molecule has 0 N–H and O–H groups in total. The summed E-state index contributed by atoms with van der Waals surface area (Å²) in [4.78, 5) is 24.1. The van der Waals surface area contributed by atoms with Crippen LogP contribution in [0.3, 0.4) is 0 Å². The Bertz CT molecular complexity index is 412. The summed E-state index contributed by atoms with van der Waals surface area (Å²) in [5.74, 6) is -0.624. The largest absolute Gasteiger partial charge is 0.652 e. The molecule has 2 rings (SSSR count). The third kappa shape index (κ3) is 3.15. The van der Waals surface area contributed by atoms with Gasteiger partial charge in [0.05, 0.1) is 0 Å². The van der Waals surface area contributed by atoms with Crippen molar-refractivity contribution in [3.05, 3.63) is 41.7 Å². The average Bonchev–Trinajstić information content (AvgIpc) is 2.26. The molecule has 0 saturated carbocycles. The molecular weight excluding hydrogens is 455 g/mol. The molecule has 0 unspecified atom stereocenters. The molecule has 0 aliphatic carbocycles. The van der Waals surface area contributed by atoms with Gasteiger partial charge in [-0.2, -0.15) is 0 Å². The van der Waals surface area contributed by atoms with Crippen molar-refractivity contribution in [1.29, 1.82) is 0 Å². The van der Waals surface area contributed by atoms with Crippen molar-refractivity contribution in [3.8, 4) is 0 Å². The van der Waals surface area contributed by atoms with Crippen molar-refractivity contribution >= 4 is 17.5 Å². The summed E-state index contributed by atoms with van der Waals surface area (Å²) in [7, 11) is 1.54. The Hall–Kier alpha value is -0.204. The minimum absolute atomic E-state index is 0. The van der Waals surface area contributed by atoms with E-state index in [1.807, 2.05) is 0 Å². The van der Waals surface area contributed by atoms with E-state index in [9.17, 15) is 9.59 Å². The van der Waals surface area contributed by atoms with Crippen LogP contribution < -0.4 is 0 Å². The molecule has 16 heavy (non-hydrogen) atoms. The molecular formula is C10H8N2O2ReY-2. The SMILES string of the molecule is CN1[CH-]C(=O)[N-]c2ccccc2C1=O.[Re].[Y]. The van der Waals surface area contributed by atoms with Gasteiger partial charge in [-0.15, -0.1) is 5.69 Å². The number of hydrogen-bond donors (Lipinski definition) is 0. The summed E-state index contributed by atoms with van der Waals surface area (Å²) < 4.78 is 0. The van der Waals surface area contributed by atoms with Crippen LogP contribution in [-0.4, -0.2) is 23.8 Å². The van der Waals surface area contributed by atoms with Crippen LogP contribution in [0.1, 0.15) is 10.4 Å². The van der Waals surface area contributed by atoms with E-state index in [0.29, 0.717) is 11.3 Å². The summed E-state index contributed by atoms with van der Waals surface area (Å²) in [6, 6.07) is 6.80. The summed E-state index contributed by atoms with van der Waals surface area (Å²) in [5, 5.41) is 3.78. The second kappa shape index (κ2) is 6.51. The Balaban J connectivity index is 0.00000112. The second-order valence-electron chi connectivity index (χ2n) is 3.01. The minimum atomic E-state index is -0.411. The molecule has 0 bridgehead atoms. The zero-order valence-electron chi connectivity index (χ0n) is 8.55. The number of likely N-dealkylation sites (N-methyl/N-ethyl adjacent to an activating group) is 1. The molecule has 82 valence electrons. The molecule has 2 radical (unpaired) electrons. The van der Waals surface area contributed by atoms with Crippen LogP contribution in [0.25, 0.3) is 5.32 Å². The van der Waals surface area contributed by atoms with Crippen LogP contribution in [0.2, 0.25) is 0 Å². The third-order valence-electron chi connectivity index (χ3n) is 1.99. The molecule has 1 aromatic rings. The number of amides is 2. The Morgan fingerprint density at radius 2 is 1.88 bits per heavy atom. The number of para-hydroxylation sites is 1. The molecule has 0 fully saturated rings. The summed E-state index contributed by atoms with van der Waals surface area (Å²) in [6.07, 6.45) is 0. The number of carbonyl (C=O) groups excluding carboxylic acids is 2. The molecule has 2 amide bonds. The molecule has 1 aliphatic heterocycles. The van der Waals surface area contributed by atoms with E-state index in [2.05, 4.69) is 5.32 Å². The number of carbonyl (C=O) groups is 2. The van der Waals surface area contributed by atoms with E-state index in [-0.39, 0.29) is 59.0 Å². The number of nitrogens with zero attached hydrogens (tertiary/aromatic N) is 2. The molecule has 6 heteroatoms. The summed E-state index contributed by atoms with van der Waals surface area (Å²) in [6.45, 7) is 1.18. The van der Waals surface area contributed by atoms with Gasteiger partial charge in [-0.1, -0.05) is 30.2 Å². The van der Waals surface area contributed by atoms with Gasteiger partial charge >= 0.3 is 0 Å². The van der Waals surface area contributed by atoms with E-state index in [1.54, 1.807) is 24.3 Å². The monoisotopic (exact) mass is 464 g/mol. The van der Waals surface area contributed by atoms with Gasteiger partial charge in [0.1, 0.15) is 0 Å². The minimum Gasteiger partial charge on any atom is -0.652 e. The first-order chi connectivity index (χ1) is 6.68. The van der Waals surface area contributed by atoms with Crippen molar-refractivity contribution < 1.29 is 62.7 Å². The van der Waals surface area contributed by atoms with Crippen LogP contribution in [0.15, 0.2) is 24.3 Å². The normalized spacial score (nSPS) is 13.4. The van der Waals surface area contributed by atoms with Gasteiger partial charge in [0.15, 0.2) is 0 Å². The van der Waals surface area contributed by atoms with Crippen LogP contribution >= 0.6 is 0 Å². The number of benzene rings is 1. The molecule has 1 aliphatic rings. The van der Waals surface area contributed by atoms with Crippen molar-refractivity contribution in [2.24, 2.45) is 0 Å². The average molecular weight is 463 g/mol. The Morgan fingerprint density at radius 1 is 1.25 bits per heavy atom. The Labute approximate surface area is 133 Å². The van der Waals surface area contributed by atoms with Crippen LogP contribution in [0.4, 0.5) is 5.69 Å². The zero-order chi connectivity index (χ0) is 10.1. The van der Waals surface area contributed by atoms with Crippen molar-refractivity contribution in [1.82, 2.24) is 4.90 Å². The Morgan fingerprint density at radius 3 is 2.56 bits per heavy atom. The predicted molar refractivity (Wildman–Crippen MR) is 50.9 cm³/mol. The van der Waals surface area contributed by atoms with Crippen molar-refractivity contribution in [3.63, 3.8) is 0 Å². The maximum Gasteiger partial charge on any atom is 0.226 e. The number of hydrogen-bond acceptors (Lipinski definition) is 2. The number of fused-ring (bicyclic) bond motifs is 1. The molecule has 1 aromatic carbocycles. The van der Waals surface area contributed by atoms with Crippen LogP contribution in [-0.2, 0) is 57.9 Å². The standard InChI is InChI=1S/C10H9N2O2.Re.Y/c1-12-6-9(13)11-8-5-3-2-4-7(8)10(12)14;;/h2-6H,1H3,(H,11,13,14);;/q-1;;/p-1. The predicted octanol–water partition coefficient (Wildman–Crippen LogP) is 1.46. The number of rotatable bonds is 0. The third-order valence-corrected chi connectivity index (χ3v) is 1.99. The first-order valence-corrected chi connectivity index (χ1v) is 4.15. The van der Waals surface area contributed by atoms with Crippen molar-refractivity contribution in [2.75, 3.05) is 7.05 Å². The fourth-order valence-corrected chi connectivity index (χ4v) is 1.31. The first-order valence-electron chi connectivity index (χ1n) is 4.15. The van der Waals surface area contributed by atoms with E-state index < -0.39 is 5.91 Å². The molecule has 0 spiro atoms. The maximum absolute atomic E-state index is 11.7. The van der Waals surface area contributed by atoms with Gasteiger partial charge in [0.2, 0.25) is 5.91 Å². The fourth-order valence-electron chi connectivity index (χ4n) is 1.31. The summed E-state index contributed by atoms with van der Waals surface area (Å²) in [5.41, 5.74) is 0.889. The van der Waals surface area contributed by atoms with Crippen molar-refractivity contribution in [2.45, 2.75) is 0 Å². The van der Waals surface area contributed by atoms with Gasteiger partial charge in [-0.05, 0) is 7.05 Å². The zero-order valence-corrected chi connectivity index (χ0v) is 14.1. The molecule has 4 nitrogen and oxygen atoms in total. The van der Waals surface area contributed by atoms with Gasteiger partial charge in [0.25, 0.3) is 0 Å². The smallest absolute Gasteiger partial charge is 0.226 e. The van der Waals surface area contributed by atoms with Gasteiger partial charge in [-0.25, -0.2) is 0 Å². The van der Waals surface area contributed by atoms with E-state index >= 15 is 0 Å². The summed E-state index contributed by atoms with van der Waals surface area (Å²) >= 11 is 0. The van der Waals surface area contributed by atoms with E-state index in [4.69, 9.17) is 0 Å². The van der Waals surface area contributed by atoms with Crippen LogP contribution in [0.5, 0.6) is 0 Å². The molecule has 0 saturated heterocycles. The molecule has 0 atom stereocenters. The van der Waals surface area contributed by atoms with Gasteiger partial charge in [0, 0.05) is 58.7 Å². The first kappa shape index (κ1) is 15.8. The molecule has 1 heterocycles. The topological polar surface area (TPSA) is 51.5 Å². The van der Waals surface area contributed by atoms with Crippen LogP contribution in [0, 0.1) is 6.54 Å². The maximum atomic E-state index is 11.7. The molecule has 0 aromatic heterocycles. The second-order valence-corrected chi connectivity index (χ2v) is 3.01. The quantitative estimate of drug-likeness (QED) is 0.548. The fraction of sp³-hybridized carbons (Fsp3) is 0.100. The van der Waals surface area contributed by atoms with Gasteiger partial charge in [-0.3, -0.25) is 11.3 Å². The van der Waals surface area contributed by atoms with E-state index in [1.165, 1.54) is 18.5 Å². The van der Waals surface area contributed by atoms with E-state index in [0.717, 1.165) is 0 Å².